The quantitative estimate of drug-likeness (QED) is 0.326. The third-order valence-electron chi connectivity index (χ3n) is 4.51. The molecule has 0 radical (unpaired) electrons. The zero-order chi connectivity index (χ0) is 18.2. The largest absolute Gasteiger partial charge is 0.497 e. The second-order valence-electron chi connectivity index (χ2n) is 6.59. The Morgan fingerprint density at radius 2 is 1.96 bits per heavy atom. The maximum absolute atomic E-state index is 5.44. The van der Waals surface area contributed by atoms with Crippen molar-refractivity contribution >= 4 is 29.9 Å². The minimum absolute atomic E-state index is 0. The summed E-state index contributed by atoms with van der Waals surface area (Å²) >= 11 is 0. The SMILES string of the molecule is CN=C(NCCN(C(C)C)C1CC1)NCc1ccc(OC)cc1OC.I. The Balaban J connectivity index is 0.00000338. The number of rotatable bonds is 9. The van der Waals surface area contributed by atoms with E-state index in [2.05, 4.69) is 34.4 Å². The molecule has 1 fully saturated rings. The average Bonchev–Trinajstić information content (AvgIpc) is 3.45. The Labute approximate surface area is 174 Å². The molecule has 0 heterocycles. The van der Waals surface area contributed by atoms with E-state index in [9.17, 15) is 0 Å². The predicted molar refractivity (Wildman–Crippen MR) is 118 cm³/mol. The molecule has 1 aromatic carbocycles. The van der Waals surface area contributed by atoms with Gasteiger partial charge < -0.3 is 20.1 Å². The van der Waals surface area contributed by atoms with Gasteiger partial charge in [0.25, 0.3) is 0 Å². The Hall–Kier alpha value is -1.22. The number of ether oxygens (including phenoxy) is 2. The fraction of sp³-hybridized carbons (Fsp3) is 0.632. The summed E-state index contributed by atoms with van der Waals surface area (Å²) in [6, 6.07) is 7.20. The van der Waals surface area contributed by atoms with Crippen LogP contribution in [0.4, 0.5) is 0 Å². The van der Waals surface area contributed by atoms with Crippen molar-refractivity contribution in [2.45, 2.75) is 45.3 Å². The molecular weight excluding hydrogens is 443 g/mol. The lowest BCUT2D eigenvalue weighted by atomic mass is 10.2. The number of nitrogens with one attached hydrogen (secondary N) is 2. The minimum atomic E-state index is 0. The van der Waals surface area contributed by atoms with E-state index in [0.29, 0.717) is 12.6 Å². The number of hydrogen-bond donors (Lipinski definition) is 2. The van der Waals surface area contributed by atoms with Crippen LogP contribution >= 0.6 is 24.0 Å². The van der Waals surface area contributed by atoms with Crippen LogP contribution in [0.5, 0.6) is 11.5 Å². The summed E-state index contributed by atoms with van der Waals surface area (Å²) in [4.78, 5) is 6.87. The first-order valence-electron chi connectivity index (χ1n) is 9.00. The first-order chi connectivity index (χ1) is 12.1. The fourth-order valence-corrected chi connectivity index (χ4v) is 2.97. The average molecular weight is 476 g/mol. The van der Waals surface area contributed by atoms with Crippen molar-refractivity contribution in [1.29, 1.82) is 0 Å². The summed E-state index contributed by atoms with van der Waals surface area (Å²) in [6.07, 6.45) is 2.67. The van der Waals surface area contributed by atoms with E-state index >= 15 is 0 Å². The first kappa shape index (κ1) is 22.8. The van der Waals surface area contributed by atoms with Gasteiger partial charge in [0.15, 0.2) is 5.96 Å². The predicted octanol–water partition coefficient (Wildman–Crippen LogP) is 2.86. The number of hydrogen-bond acceptors (Lipinski definition) is 4. The molecule has 2 N–H and O–H groups in total. The molecule has 26 heavy (non-hydrogen) atoms. The van der Waals surface area contributed by atoms with Crippen molar-refractivity contribution in [3.05, 3.63) is 23.8 Å². The second kappa shape index (κ2) is 11.5. The van der Waals surface area contributed by atoms with E-state index in [1.807, 2.05) is 18.2 Å². The highest BCUT2D eigenvalue weighted by molar-refractivity contribution is 14.0. The van der Waals surface area contributed by atoms with Crippen LogP contribution in [0.15, 0.2) is 23.2 Å². The van der Waals surface area contributed by atoms with Crippen LogP contribution < -0.4 is 20.1 Å². The Bertz CT molecular complexity index is 575. The molecule has 0 unspecified atom stereocenters. The molecule has 1 aliphatic carbocycles. The molecule has 2 rings (SSSR count). The van der Waals surface area contributed by atoms with E-state index in [0.717, 1.165) is 42.2 Å². The number of halogens is 1. The highest BCUT2D eigenvalue weighted by Gasteiger charge is 2.30. The molecule has 0 saturated heterocycles. The van der Waals surface area contributed by atoms with Crippen molar-refractivity contribution in [2.75, 3.05) is 34.4 Å². The summed E-state index contributed by atoms with van der Waals surface area (Å²) in [6.45, 7) is 7.09. The number of aliphatic imine (C=N–C) groups is 1. The maximum Gasteiger partial charge on any atom is 0.191 e. The zero-order valence-electron chi connectivity index (χ0n) is 16.5. The summed E-state index contributed by atoms with van der Waals surface area (Å²) in [5.74, 6) is 2.40. The number of benzene rings is 1. The highest BCUT2D eigenvalue weighted by Crippen LogP contribution is 2.28. The standard InChI is InChI=1S/C19H32N4O2.HI/c1-14(2)23(16-7-8-16)11-10-21-19(20-3)22-13-15-6-9-17(24-4)12-18(15)25-5;/h6,9,12,14,16H,7-8,10-11,13H2,1-5H3,(H2,20,21,22);1H. The van der Waals surface area contributed by atoms with Crippen molar-refractivity contribution in [3.8, 4) is 11.5 Å². The van der Waals surface area contributed by atoms with E-state index in [1.54, 1.807) is 21.3 Å². The summed E-state index contributed by atoms with van der Waals surface area (Å²) in [5.41, 5.74) is 1.06. The lowest BCUT2D eigenvalue weighted by molar-refractivity contribution is 0.215. The molecule has 0 amide bonds. The fourth-order valence-electron chi connectivity index (χ4n) is 2.97. The van der Waals surface area contributed by atoms with Gasteiger partial charge in [0.2, 0.25) is 0 Å². The minimum Gasteiger partial charge on any atom is -0.497 e. The molecule has 1 aromatic rings. The van der Waals surface area contributed by atoms with E-state index in [1.165, 1.54) is 12.8 Å². The molecule has 0 aromatic heterocycles. The second-order valence-corrected chi connectivity index (χ2v) is 6.59. The summed E-state index contributed by atoms with van der Waals surface area (Å²) in [5, 5.41) is 6.74. The number of methoxy groups -OCH3 is 2. The van der Waals surface area contributed by atoms with Gasteiger partial charge in [-0.2, -0.15) is 0 Å². The number of nitrogens with zero attached hydrogens (tertiary/aromatic N) is 2. The van der Waals surface area contributed by atoms with Gasteiger partial charge in [-0.05, 0) is 38.8 Å². The Kier molecular flexibility index (Phi) is 10.1. The normalized spacial score (nSPS) is 14.2. The molecule has 1 saturated carbocycles. The summed E-state index contributed by atoms with van der Waals surface area (Å²) in [7, 11) is 5.12. The van der Waals surface area contributed by atoms with E-state index in [-0.39, 0.29) is 24.0 Å². The molecule has 7 heteroatoms. The molecule has 6 nitrogen and oxygen atoms in total. The number of guanidine groups is 1. The topological polar surface area (TPSA) is 58.1 Å². The zero-order valence-corrected chi connectivity index (χ0v) is 18.9. The van der Waals surface area contributed by atoms with Crippen molar-refractivity contribution in [3.63, 3.8) is 0 Å². The molecule has 0 atom stereocenters. The van der Waals surface area contributed by atoms with Gasteiger partial charge >= 0.3 is 0 Å². The van der Waals surface area contributed by atoms with Gasteiger partial charge in [-0.15, -0.1) is 24.0 Å². The molecule has 148 valence electrons. The maximum atomic E-state index is 5.44. The third kappa shape index (κ3) is 6.83. The van der Waals surface area contributed by atoms with Gasteiger partial charge in [-0.3, -0.25) is 9.89 Å². The van der Waals surface area contributed by atoms with Crippen LogP contribution in [-0.4, -0.2) is 57.3 Å². The Morgan fingerprint density at radius 1 is 1.23 bits per heavy atom. The van der Waals surface area contributed by atoms with E-state index in [4.69, 9.17) is 9.47 Å². The van der Waals surface area contributed by atoms with Crippen LogP contribution in [0.25, 0.3) is 0 Å². The molecule has 0 bridgehead atoms. The molecular formula is C19H33IN4O2. The van der Waals surface area contributed by atoms with Crippen LogP contribution in [0.3, 0.4) is 0 Å². The lowest BCUT2D eigenvalue weighted by Gasteiger charge is -2.26. The lowest BCUT2D eigenvalue weighted by Crippen LogP contribution is -2.43. The monoisotopic (exact) mass is 476 g/mol. The van der Waals surface area contributed by atoms with Crippen molar-refractivity contribution in [1.82, 2.24) is 15.5 Å². The molecule has 1 aliphatic rings. The van der Waals surface area contributed by atoms with Gasteiger partial charge in [0.1, 0.15) is 11.5 Å². The van der Waals surface area contributed by atoms with Crippen LogP contribution in [0.2, 0.25) is 0 Å². The summed E-state index contributed by atoms with van der Waals surface area (Å²) < 4.78 is 10.7. The highest BCUT2D eigenvalue weighted by atomic mass is 127. The van der Waals surface area contributed by atoms with Crippen LogP contribution in [0, 0.1) is 0 Å². The Morgan fingerprint density at radius 3 is 2.50 bits per heavy atom. The van der Waals surface area contributed by atoms with Gasteiger partial charge in [-0.25, -0.2) is 0 Å². The molecule has 0 spiro atoms. The smallest absolute Gasteiger partial charge is 0.191 e. The van der Waals surface area contributed by atoms with E-state index < -0.39 is 0 Å². The van der Waals surface area contributed by atoms with Gasteiger partial charge in [-0.1, -0.05) is 0 Å². The third-order valence-corrected chi connectivity index (χ3v) is 4.51. The van der Waals surface area contributed by atoms with Crippen molar-refractivity contribution < 1.29 is 9.47 Å². The van der Waals surface area contributed by atoms with Crippen LogP contribution in [0.1, 0.15) is 32.3 Å². The first-order valence-corrected chi connectivity index (χ1v) is 9.00. The molecule has 0 aliphatic heterocycles. The van der Waals surface area contributed by atoms with Gasteiger partial charge in [0, 0.05) is 50.4 Å². The van der Waals surface area contributed by atoms with Crippen LogP contribution in [-0.2, 0) is 6.54 Å². The van der Waals surface area contributed by atoms with Crippen molar-refractivity contribution in [2.24, 2.45) is 4.99 Å². The van der Waals surface area contributed by atoms with Gasteiger partial charge in [0.05, 0.1) is 14.2 Å².